The maximum absolute atomic E-state index is 8.58. The monoisotopic (exact) mass is 122 g/mol. The van der Waals surface area contributed by atoms with Crippen LogP contribution in [0.3, 0.4) is 0 Å². The van der Waals surface area contributed by atoms with Gasteiger partial charge in [0.1, 0.15) is 0 Å². The number of nitrogens with zero attached hydrogens (tertiary/aromatic N) is 2. The number of likely N-dealkylation sites (tertiary alicyclic amines) is 1. The Hall–Kier alpha value is -0.550. The summed E-state index contributed by atoms with van der Waals surface area (Å²) >= 11 is 0. The van der Waals surface area contributed by atoms with Crippen LogP contribution in [0.1, 0.15) is 12.8 Å². The Morgan fingerprint density at radius 2 is 2.33 bits per heavy atom. The Bertz CT molecular complexity index is 170. The van der Waals surface area contributed by atoms with Gasteiger partial charge in [0, 0.05) is 6.04 Å². The average Bonchev–Trinajstić information content (AvgIpc) is 2.55. The lowest BCUT2D eigenvalue weighted by molar-refractivity contribution is 0.316. The maximum atomic E-state index is 8.58. The highest BCUT2D eigenvalue weighted by molar-refractivity contribution is 5.10. The third-order valence-electron chi connectivity index (χ3n) is 2.58. The van der Waals surface area contributed by atoms with Gasteiger partial charge in [0.05, 0.1) is 12.1 Å². The molecule has 2 unspecified atom stereocenters. The molecule has 1 heterocycles. The van der Waals surface area contributed by atoms with Crippen molar-refractivity contribution in [1.82, 2.24) is 4.90 Å². The lowest BCUT2D eigenvalue weighted by atomic mass is 10.2. The molecule has 0 bridgehead atoms. The predicted octanol–water partition coefficient (Wildman–Crippen LogP) is 0.603. The van der Waals surface area contributed by atoms with E-state index in [1.165, 1.54) is 6.42 Å². The number of rotatable bonds is 0. The molecule has 0 N–H and O–H groups in total. The van der Waals surface area contributed by atoms with E-state index >= 15 is 0 Å². The zero-order chi connectivity index (χ0) is 6.43. The lowest BCUT2D eigenvalue weighted by Crippen LogP contribution is -2.26. The van der Waals surface area contributed by atoms with Crippen molar-refractivity contribution in [2.24, 2.45) is 5.92 Å². The Morgan fingerprint density at radius 1 is 1.56 bits per heavy atom. The summed E-state index contributed by atoms with van der Waals surface area (Å²) in [5, 5.41) is 8.58. The fourth-order valence-corrected chi connectivity index (χ4v) is 1.81. The van der Waals surface area contributed by atoms with E-state index in [2.05, 4.69) is 18.0 Å². The number of hydrogen-bond acceptors (Lipinski definition) is 2. The van der Waals surface area contributed by atoms with Crippen LogP contribution in [-0.4, -0.2) is 24.0 Å². The molecule has 0 amide bonds. The zero-order valence-electron chi connectivity index (χ0n) is 5.54. The van der Waals surface area contributed by atoms with E-state index in [1.807, 2.05) is 0 Å². The quantitative estimate of drug-likeness (QED) is 0.470. The first-order chi connectivity index (χ1) is 4.33. The molecule has 2 nitrogen and oxygen atoms in total. The highest BCUT2D eigenvalue weighted by Gasteiger charge is 2.50. The molecule has 48 valence electrons. The van der Waals surface area contributed by atoms with E-state index in [0.29, 0.717) is 0 Å². The van der Waals surface area contributed by atoms with Crippen molar-refractivity contribution in [2.75, 3.05) is 7.05 Å². The van der Waals surface area contributed by atoms with Gasteiger partial charge in [0.15, 0.2) is 0 Å². The van der Waals surface area contributed by atoms with E-state index in [0.717, 1.165) is 18.4 Å². The molecule has 1 saturated carbocycles. The molecule has 1 saturated heterocycles. The van der Waals surface area contributed by atoms with Gasteiger partial charge in [-0.2, -0.15) is 5.26 Å². The predicted molar refractivity (Wildman–Crippen MR) is 33.7 cm³/mol. The van der Waals surface area contributed by atoms with Crippen LogP contribution in [0.15, 0.2) is 0 Å². The van der Waals surface area contributed by atoms with Crippen LogP contribution in [0.25, 0.3) is 0 Å². The molecule has 9 heavy (non-hydrogen) atoms. The topological polar surface area (TPSA) is 27.0 Å². The summed E-state index contributed by atoms with van der Waals surface area (Å²) in [6, 6.07) is 3.30. The highest BCUT2D eigenvalue weighted by Crippen LogP contribution is 2.46. The SMILES string of the molecule is CN1C(C#N)C[C@@H]2CC21. The first-order valence-corrected chi connectivity index (χ1v) is 3.44. The second-order valence-electron chi connectivity index (χ2n) is 3.11. The van der Waals surface area contributed by atoms with Crippen molar-refractivity contribution in [1.29, 1.82) is 5.26 Å². The summed E-state index contributed by atoms with van der Waals surface area (Å²) in [4.78, 5) is 2.21. The summed E-state index contributed by atoms with van der Waals surface area (Å²) in [7, 11) is 2.06. The number of fused-ring (bicyclic) bond motifs is 1. The molecule has 0 aromatic carbocycles. The molecule has 0 spiro atoms. The molecule has 2 heteroatoms. The first-order valence-electron chi connectivity index (χ1n) is 3.44. The molecule has 0 aromatic heterocycles. The van der Waals surface area contributed by atoms with Crippen LogP contribution >= 0.6 is 0 Å². The van der Waals surface area contributed by atoms with Gasteiger partial charge in [0.25, 0.3) is 0 Å². The number of nitriles is 1. The first kappa shape index (κ1) is 5.25. The Balaban J connectivity index is 2.10. The van der Waals surface area contributed by atoms with Gasteiger partial charge >= 0.3 is 0 Å². The molecule has 0 aromatic rings. The van der Waals surface area contributed by atoms with Crippen LogP contribution < -0.4 is 0 Å². The Kier molecular flexibility index (Phi) is 0.866. The molecular weight excluding hydrogens is 112 g/mol. The van der Waals surface area contributed by atoms with Crippen LogP contribution in [0.2, 0.25) is 0 Å². The average molecular weight is 122 g/mol. The van der Waals surface area contributed by atoms with E-state index in [4.69, 9.17) is 5.26 Å². The lowest BCUT2D eigenvalue weighted by Gasteiger charge is -2.14. The molecule has 2 aliphatic rings. The van der Waals surface area contributed by atoms with Crippen molar-refractivity contribution in [2.45, 2.75) is 24.9 Å². The smallest absolute Gasteiger partial charge is 0.0981 e. The van der Waals surface area contributed by atoms with Gasteiger partial charge in [-0.1, -0.05) is 0 Å². The second-order valence-corrected chi connectivity index (χ2v) is 3.11. The Morgan fingerprint density at radius 3 is 2.67 bits per heavy atom. The van der Waals surface area contributed by atoms with Gasteiger partial charge in [-0.3, -0.25) is 4.90 Å². The second kappa shape index (κ2) is 1.48. The number of piperidine rings is 1. The van der Waals surface area contributed by atoms with E-state index in [-0.39, 0.29) is 6.04 Å². The van der Waals surface area contributed by atoms with Gasteiger partial charge in [-0.05, 0) is 25.8 Å². The van der Waals surface area contributed by atoms with Crippen molar-refractivity contribution in [3.05, 3.63) is 0 Å². The Labute approximate surface area is 55.1 Å². The van der Waals surface area contributed by atoms with Crippen LogP contribution in [0, 0.1) is 17.2 Å². The number of hydrogen-bond donors (Lipinski definition) is 0. The summed E-state index contributed by atoms with van der Waals surface area (Å²) in [5.41, 5.74) is 0. The molecule has 0 radical (unpaired) electrons. The summed E-state index contributed by atoms with van der Waals surface area (Å²) in [6.45, 7) is 0. The summed E-state index contributed by atoms with van der Waals surface area (Å²) < 4.78 is 0. The molecule has 3 atom stereocenters. The molecule has 2 rings (SSSR count). The third kappa shape index (κ3) is 0.585. The van der Waals surface area contributed by atoms with E-state index < -0.39 is 0 Å². The highest BCUT2D eigenvalue weighted by atomic mass is 15.2. The van der Waals surface area contributed by atoms with Crippen molar-refractivity contribution >= 4 is 0 Å². The fraction of sp³-hybridized carbons (Fsp3) is 0.857. The zero-order valence-corrected chi connectivity index (χ0v) is 5.54. The van der Waals surface area contributed by atoms with Gasteiger partial charge in [-0.15, -0.1) is 0 Å². The molecule has 2 fully saturated rings. The van der Waals surface area contributed by atoms with Crippen molar-refractivity contribution in [3.8, 4) is 6.07 Å². The van der Waals surface area contributed by atoms with Crippen LogP contribution in [0.5, 0.6) is 0 Å². The van der Waals surface area contributed by atoms with E-state index in [9.17, 15) is 0 Å². The van der Waals surface area contributed by atoms with E-state index in [1.54, 1.807) is 0 Å². The minimum absolute atomic E-state index is 0.230. The van der Waals surface area contributed by atoms with Gasteiger partial charge in [-0.25, -0.2) is 0 Å². The van der Waals surface area contributed by atoms with Gasteiger partial charge in [0.2, 0.25) is 0 Å². The molecular formula is C7H10N2. The summed E-state index contributed by atoms with van der Waals surface area (Å²) in [6.07, 6.45) is 2.46. The van der Waals surface area contributed by atoms with Crippen LogP contribution in [0.4, 0.5) is 0 Å². The standard InChI is InChI=1S/C7H10N2/c1-9-6(4-8)2-5-3-7(5)9/h5-7H,2-3H2,1H3/t5-,6?,7?/m1/s1. The minimum atomic E-state index is 0.230. The maximum Gasteiger partial charge on any atom is 0.0981 e. The van der Waals surface area contributed by atoms with Crippen molar-refractivity contribution < 1.29 is 0 Å². The molecule has 1 aliphatic carbocycles. The van der Waals surface area contributed by atoms with Crippen molar-refractivity contribution in [3.63, 3.8) is 0 Å². The van der Waals surface area contributed by atoms with Crippen LogP contribution in [-0.2, 0) is 0 Å². The van der Waals surface area contributed by atoms with Gasteiger partial charge < -0.3 is 0 Å². The third-order valence-corrected chi connectivity index (χ3v) is 2.58. The molecule has 1 aliphatic heterocycles. The minimum Gasteiger partial charge on any atom is -0.288 e. The largest absolute Gasteiger partial charge is 0.288 e. The fourth-order valence-electron chi connectivity index (χ4n) is 1.81. The summed E-state index contributed by atoms with van der Waals surface area (Å²) in [5.74, 6) is 0.875. The normalized spacial score (nSPS) is 48.2.